The molecule has 0 radical (unpaired) electrons. The molecule has 1 aromatic carbocycles. The lowest BCUT2D eigenvalue weighted by Gasteiger charge is -2.17. The Bertz CT molecular complexity index is 457. The summed E-state index contributed by atoms with van der Waals surface area (Å²) >= 11 is 5.70. The number of hydrogen-bond donors (Lipinski definition) is 3. The maximum Gasteiger partial charge on any atom is 0.315 e. The van der Waals surface area contributed by atoms with Crippen molar-refractivity contribution in [3.05, 3.63) is 34.6 Å². The molecule has 0 saturated heterocycles. The average Bonchev–Trinajstić information content (AvgIpc) is 2.40. The molecular formula is C14H20ClFN2O2. The molecule has 0 aliphatic heterocycles. The Morgan fingerprint density at radius 2 is 2.20 bits per heavy atom. The van der Waals surface area contributed by atoms with Gasteiger partial charge in [-0.15, -0.1) is 0 Å². The summed E-state index contributed by atoms with van der Waals surface area (Å²) in [4.78, 5) is 11.6. The van der Waals surface area contributed by atoms with Crippen molar-refractivity contribution in [3.8, 4) is 0 Å². The van der Waals surface area contributed by atoms with E-state index < -0.39 is 11.9 Å². The van der Waals surface area contributed by atoms with Gasteiger partial charge in [0.15, 0.2) is 0 Å². The fraction of sp³-hybridized carbons (Fsp3) is 0.500. The monoisotopic (exact) mass is 302 g/mol. The second kappa shape index (κ2) is 8.07. The normalized spacial score (nSPS) is 13.7. The number of aliphatic hydroxyl groups is 1. The average molecular weight is 303 g/mol. The van der Waals surface area contributed by atoms with Crippen LogP contribution in [0.15, 0.2) is 18.2 Å². The van der Waals surface area contributed by atoms with Crippen LogP contribution in [-0.4, -0.2) is 23.8 Å². The number of rotatable bonds is 6. The topological polar surface area (TPSA) is 61.4 Å². The highest BCUT2D eigenvalue weighted by Gasteiger charge is 2.12. The molecule has 1 aromatic rings. The van der Waals surface area contributed by atoms with E-state index in [9.17, 15) is 14.3 Å². The van der Waals surface area contributed by atoms with E-state index in [-0.39, 0.29) is 23.6 Å². The highest BCUT2D eigenvalue weighted by Crippen LogP contribution is 2.20. The van der Waals surface area contributed by atoms with E-state index in [1.54, 1.807) is 13.0 Å². The first-order valence-corrected chi connectivity index (χ1v) is 6.99. The Morgan fingerprint density at radius 1 is 1.50 bits per heavy atom. The van der Waals surface area contributed by atoms with Gasteiger partial charge in [0.05, 0.1) is 17.2 Å². The van der Waals surface area contributed by atoms with Gasteiger partial charge in [-0.25, -0.2) is 9.18 Å². The van der Waals surface area contributed by atoms with E-state index in [0.29, 0.717) is 12.0 Å². The molecule has 3 N–H and O–H groups in total. The zero-order chi connectivity index (χ0) is 15.1. The number of hydrogen-bond acceptors (Lipinski definition) is 2. The van der Waals surface area contributed by atoms with Gasteiger partial charge in [-0.3, -0.25) is 0 Å². The molecule has 6 heteroatoms. The molecule has 2 atom stereocenters. The summed E-state index contributed by atoms with van der Waals surface area (Å²) in [6.45, 7) is 3.94. The number of nitrogens with one attached hydrogen (secondary N) is 2. The SMILES string of the molecule is CCCC(O)CNC(=O)NC(C)c1ccc(F)c(Cl)c1. The number of halogens is 2. The van der Waals surface area contributed by atoms with Crippen molar-refractivity contribution < 1.29 is 14.3 Å². The highest BCUT2D eigenvalue weighted by atomic mass is 35.5. The van der Waals surface area contributed by atoms with E-state index in [1.165, 1.54) is 12.1 Å². The van der Waals surface area contributed by atoms with Gasteiger partial charge in [0.1, 0.15) is 5.82 Å². The van der Waals surface area contributed by atoms with Crippen molar-refractivity contribution in [1.29, 1.82) is 0 Å². The molecule has 112 valence electrons. The zero-order valence-electron chi connectivity index (χ0n) is 11.6. The van der Waals surface area contributed by atoms with Gasteiger partial charge in [0.2, 0.25) is 0 Å². The Hall–Kier alpha value is -1.33. The lowest BCUT2D eigenvalue weighted by atomic mass is 10.1. The Balaban J connectivity index is 2.46. The molecule has 0 saturated carbocycles. The van der Waals surface area contributed by atoms with Crippen LogP contribution in [-0.2, 0) is 0 Å². The molecule has 1 rings (SSSR count). The summed E-state index contributed by atoms with van der Waals surface area (Å²) in [7, 11) is 0. The van der Waals surface area contributed by atoms with E-state index >= 15 is 0 Å². The standard InChI is InChI=1S/C14H20ClFN2O2/c1-3-4-11(19)8-17-14(20)18-9(2)10-5-6-13(16)12(15)7-10/h5-7,9,11,19H,3-4,8H2,1-2H3,(H2,17,18,20). The van der Waals surface area contributed by atoms with Gasteiger partial charge in [0.25, 0.3) is 0 Å². The fourth-order valence-corrected chi connectivity index (χ4v) is 1.95. The number of aliphatic hydroxyl groups excluding tert-OH is 1. The maximum atomic E-state index is 13.0. The van der Waals surface area contributed by atoms with Crippen LogP contribution in [0.25, 0.3) is 0 Å². The van der Waals surface area contributed by atoms with E-state index in [0.717, 1.165) is 6.42 Å². The Labute approximate surface area is 123 Å². The number of carbonyl (C=O) groups is 1. The minimum atomic E-state index is -0.540. The molecule has 0 aromatic heterocycles. The summed E-state index contributed by atoms with van der Waals surface area (Å²) in [6.07, 6.45) is 0.958. The third-order valence-corrected chi connectivity index (χ3v) is 3.20. The first-order valence-electron chi connectivity index (χ1n) is 6.61. The van der Waals surface area contributed by atoms with Crippen LogP contribution in [0.3, 0.4) is 0 Å². The third kappa shape index (κ3) is 5.35. The van der Waals surface area contributed by atoms with Gasteiger partial charge < -0.3 is 15.7 Å². The molecule has 0 fully saturated rings. The number of amides is 2. The Morgan fingerprint density at radius 3 is 2.80 bits per heavy atom. The molecule has 0 heterocycles. The van der Waals surface area contributed by atoms with Gasteiger partial charge in [-0.05, 0) is 31.0 Å². The molecule has 4 nitrogen and oxygen atoms in total. The summed E-state index contributed by atoms with van der Waals surface area (Å²) in [5, 5.41) is 14.8. The van der Waals surface area contributed by atoms with Crippen molar-refractivity contribution in [1.82, 2.24) is 10.6 Å². The second-order valence-corrected chi connectivity index (χ2v) is 5.10. The van der Waals surface area contributed by atoms with Gasteiger partial charge in [0, 0.05) is 6.54 Å². The first kappa shape index (κ1) is 16.7. The minimum Gasteiger partial charge on any atom is -0.391 e. The second-order valence-electron chi connectivity index (χ2n) is 4.69. The predicted molar refractivity (Wildman–Crippen MR) is 77.3 cm³/mol. The van der Waals surface area contributed by atoms with Crippen molar-refractivity contribution in [2.24, 2.45) is 0 Å². The van der Waals surface area contributed by atoms with Crippen LogP contribution in [0.5, 0.6) is 0 Å². The molecule has 20 heavy (non-hydrogen) atoms. The molecule has 0 spiro atoms. The smallest absolute Gasteiger partial charge is 0.315 e. The number of urea groups is 1. The first-order chi connectivity index (χ1) is 9.43. The van der Waals surface area contributed by atoms with Gasteiger partial charge >= 0.3 is 6.03 Å². The van der Waals surface area contributed by atoms with Crippen LogP contribution in [0.1, 0.15) is 38.3 Å². The largest absolute Gasteiger partial charge is 0.391 e. The molecular weight excluding hydrogens is 283 g/mol. The number of benzene rings is 1. The Kier molecular flexibility index (Phi) is 6.75. The zero-order valence-corrected chi connectivity index (χ0v) is 12.4. The summed E-state index contributed by atoms with van der Waals surface area (Å²) in [6, 6.07) is 3.62. The molecule has 2 unspecified atom stereocenters. The van der Waals surface area contributed by atoms with Gasteiger partial charge in [-0.2, -0.15) is 0 Å². The molecule has 0 aliphatic carbocycles. The van der Waals surface area contributed by atoms with Crippen molar-refractivity contribution in [2.75, 3.05) is 6.54 Å². The lowest BCUT2D eigenvalue weighted by molar-refractivity contribution is 0.160. The fourth-order valence-electron chi connectivity index (χ4n) is 1.76. The van der Waals surface area contributed by atoms with E-state index in [2.05, 4.69) is 10.6 Å². The predicted octanol–water partition coefficient (Wildman–Crippen LogP) is 3.00. The molecule has 2 amide bonds. The number of carbonyl (C=O) groups excluding carboxylic acids is 1. The van der Waals surface area contributed by atoms with Crippen LogP contribution >= 0.6 is 11.6 Å². The molecule has 0 aliphatic rings. The van der Waals surface area contributed by atoms with Crippen LogP contribution < -0.4 is 10.6 Å². The summed E-state index contributed by atoms with van der Waals surface area (Å²) in [5.41, 5.74) is 0.709. The van der Waals surface area contributed by atoms with E-state index in [1.807, 2.05) is 6.92 Å². The van der Waals surface area contributed by atoms with Crippen molar-refractivity contribution >= 4 is 17.6 Å². The van der Waals surface area contributed by atoms with Crippen LogP contribution in [0, 0.1) is 5.82 Å². The van der Waals surface area contributed by atoms with Crippen LogP contribution in [0.2, 0.25) is 5.02 Å². The third-order valence-electron chi connectivity index (χ3n) is 2.91. The quantitative estimate of drug-likeness (QED) is 0.756. The van der Waals surface area contributed by atoms with Crippen molar-refractivity contribution in [3.63, 3.8) is 0 Å². The molecule has 0 bridgehead atoms. The highest BCUT2D eigenvalue weighted by molar-refractivity contribution is 6.30. The van der Waals surface area contributed by atoms with E-state index in [4.69, 9.17) is 11.6 Å². The summed E-state index contributed by atoms with van der Waals surface area (Å²) in [5.74, 6) is -0.491. The summed E-state index contributed by atoms with van der Waals surface area (Å²) < 4.78 is 13.0. The minimum absolute atomic E-state index is 0.0231. The maximum absolute atomic E-state index is 13.0. The van der Waals surface area contributed by atoms with Crippen LogP contribution in [0.4, 0.5) is 9.18 Å². The van der Waals surface area contributed by atoms with Gasteiger partial charge in [-0.1, -0.05) is 31.0 Å². The van der Waals surface area contributed by atoms with Crippen molar-refractivity contribution in [2.45, 2.75) is 38.8 Å². The lowest BCUT2D eigenvalue weighted by Crippen LogP contribution is -2.40.